The average Bonchev–Trinajstić information content (AvgIpc) is 2.82. The number of carbonyl (C=O) groups is 2. The first-order chi connectivity index (χ1) is 15.9. The zero-order chi connectivity index (χ0) is 23.5. The van der Waals surface area contributed by atoms with Crippen molar-refractivity contribution < 1.29 is 19.4 Å². The van der Waals surface area contributed by atoms with Crippen molar-refractivity contribution in [3.8, 4) is 11.5 Å². The summed E-state index contributed by atoms with van der Waals surface area (Å²) < 4.78 is 5.42. The van der Waals surface area contributed by atoms with Crippen LogP contribution in [0.1, 0.15) is 31.8 Å². The molecule has 0 aliphatic carbocycles. The Morgan fingerprint density at radius 1 is 0.788 bits per heavy atom. The number of hydrogen-bond acceptors (Lipinski definition) is 4. The maximum atomic E-state index is 12.9. The van der Waals surface area contributed by atoms with Gasteiger partial charge in [-0.15, -0.1) is 0 Å². The molecule has 4 aromatic carbocycles. The molecule has 6 nitrogen and oxygen atoms in total. The van der Waals surface area contributed by atoms with Crippen molar-refractivity contribution >= 4 is 34.0 Å². The van der Waals surface area contributed by atoms with E-state index in [-0.39, 0.29) is 17.6 Å². The molecule has 0 atom stereocenters. The number of nitrogens with one attached hydrogen (secondary N) is 2. The predicted molar refractivity (Wildman–Crippen MR) is 130 cm³/mol. The number of hydrogen-bond donors (Lipinski definition) is 3. The number of anilines is 2. The molecular formula is C27H24N2O4. The Balaban J connectivity index is 1.55. The molecule has 33 heavy (non-hydrogen) atoms. The first kappa shape index (κ1) is 21.9. The van der Waals surface area contributed by atoms with Crippen LogP contribution in [0, 0.1) is 13.8 Å². The molecule has 4 rings (SSSR count). The van der Waals surface area contributed by atoms with Gasteiger partial charge in [-0.25, -0.2) is 0 Å². The number of phenolic OH excluding ortho intramolecular Hbond substituents is 1. The van der Waals surface area contributed by atoms with E-state index in [1.807, 2.05) is 44.2 Å². The third-order valence-electron chi connectivity index (χ3n) is 5.63. The Bertz CT molecular complexity index is 1380. The van der Waals surface area contributed by atoms with Crippen molar-refractivity contribution in [2.24, 2.45) is 0 Å². The van der Waals surface area contributed by atoms with Gasteiger partial charge in [0.2, 0.25) is 0 Å². The van der Waals surface area contributed by atoms with E-state index in [1.165, 1.54) is 7.11 Å². The van der Waals surface area contributed by atoms with E-state index in [0.717, 1.165) is 27.6 Å². The van der Waals surface area contributed by atoms with Gasteiger partial charge in [-0.05, 0) is 78.2 Å². The van der Waals surface area contributed by atoms with E-state index in [2.05, 4.69) is 10.6 Å². The first-order valence-corrected chi connectivity index (χ1v) is 10.5. The highest BCUT2D eigenvalue weighted by atomic mass is 16.5. The lowest BCUT2D eigenvalue weighted by atomic mass is 10.0. The van der Waals surface area contributed by atoms with Crippen LogP contribution in [0.2, 0.25) is 0 Å². The molecule has 0 radical (unpaired) electrons. The molecule has 166 valence electrons. The third kappa shape index (κ3) is 4.50. The smallest absolute Gasteiger partial charge is 0.255 e. The summed E-state index contributed by atoms with van der Waals surface area (Å²) in [5.41, 5.74) is 3.80. The summed E-state index contributed by atoms with van der Waals surface area (Å²) in [6.07, 6.45) is 0. The highest BCUT2D eigenvalue weighted by Gasteiger charge is 2.15. The molecule has 2 amide bonds. The van der Waals surface area contributed by atoms with Crippen LogP contribution in [0.25, 0.3) is 10.8 Å². The van der Waals surface area contributed by atoms with Crippen molar-refractivity contribution in [1.82, 2.24) is 0 Å². The zero-order valence-electron chi connectivity index (χ0n) is 18.6. The molecular weight excluding hydrogens is 416 g/mol. The van der Waals surface area contributed by atoms with Gasteiger partial charge in [0.15, 0.2) is 0 Å². The van der Waals surface area contributed by atoms with Crippen LogP contribution in [-0.4, -0.2) is 24.0 Å². The van der Waals surface area contributed by atoms with Crippen LogP contribution in [-0.2, 0) is 0 Å². The molecule has 4 aromatic rings. The minimum atomic E-state index is -0.307. The second kappa shape index (κ2) is 9.04. The van der Waals surface area contributed by atoms with Gasteiger partial charge in [0.25, 0.3) is 11.8 Å². The van der Waals surface area contributed by atoms with Crippen LogP contribution in [0.3, 0.4) is 0 Å². The molecule has 0 aromatic heterocycles. The number of fused-ring (bicyclic) bond motifs is 1. The fraction of sp³-hybridized carbons (Fsp3) is 0.111. The minimum Gasteiger partial charge on any atom is -0.508 e. The van der Waals surface area contributed by atoms with Gasteiger partial charge in [-0.3, -0.25) is 9.59 Å². The van der Waals surface area contributed by atoms with Crippen molar-refractivity contribution in [3.05, 3.63) is 95.1 Å². The first-order valence-electron chi connectivity index (χ1n) is 10.5. The minimum absolute atomic E-state index is 0.219. The lowest BCUT2D eigenvalue weighted by Crippen LogP contribution is -2.15. The lowest BCUT2D eigenvalue weighted by molar-refractivity contribution is 0.102. The van der Waals surface area contributed by atoms with E-state index in [9.17, 15) is 14.7 Å². The number of phenols is 1. The van der Waals surface area contributed by atoms with Gasteiger partial charge in [0, 0.05) is 16.8 Å². The van der Waals surface area contributed by atoms with Crippen molar-refractivity contribution in [2.75, 3.05) is 17.7 Å². The van der Waals surface area contributed by atoms with E-state index < -0.39 is 0 Å². The maximum Gasteiger partial charge on any atom is 0.255 e. The van der Waals surface area contributed by atoms with Gasteiger partial charge in [-0.1, -0.05) is 30.3 Å². The molecule has 6 heteroatoms. The Labute approximate surface area is 191 Å². The van der Waals surface area contributed by atoms with E-state index in [0.29, 0.717) is 22.6 Å². The molecule has 0 saturated carbocycles. The standard InChI is InChI=1S/C27H24N2O4/c1-16-6-4-5-7-22(16)28-27(32)20-9-12-23(25(15-20)33-3)29-26(31)19-8-11-21-17(2)24(30)13-10-18(21)14-19/h4-15,30H,1-3H3,(H,28,32)(H,29,31). The predicted octanol–water partition coefficient (Wildman–Crippen LogP) is 5.68. The van der Waals surface area contributed by atoms with Crippen LogP contribution in [0.4, 0.5) is 11.4 Å². The van der Waals surface area contributed by atoms with Crippen LogP contribution < -0.4 is 15.4 Å². The van der Waals surface area contributed by atoms with Gasteiger partial charge in [0.05, 0.1) is 12.8 Å². The largest absolute Gasteiger partial charge is 0.508 e. The summed E-state index contributed by atoms with van der Waals surface area (Å²) in [5, 5.41) is 17.4. The monoisotopic (exact) mass is 440 g/mol. The van der Waals surface area contributed by atoms with Gasteiger partial charge in [0.1, 0.15) is 11.5 Å². The highest BCUT2D eigenvalue weighted by molar-refractivity contribution is 6.09. The van der Waals surface area contributed by atoms with Gasteiger partial charge >= 0.3 is 0 Å². The Kier molecular flexibility index (Phi) is 6.00. The molecule has 0 aliphatic rings. The summed E-state index contributed by atoms with van der Waals surface area (Å²) in [6.45, 7) is 3.75. The molecule has 0 saturated heterocycles. The number of para-hydroxylation sites is 1. The lowest BCUT2D eigenvalue weighted by Gasteiger charge is -2.13. The SMILES string of the molecule is COc1cc(C(=O)Nc2ccccc2C)ccc1NC(=O)c1ccc2c(C)c(O)ccc2c1. The number of benzene rings is 4. The van der Waals surface area contributed by atoms with E-state index >= 15 is 0 Å². The number of aryl methyl sites for hydroxylation is 2. The number of amides is 2. The number of rotatable bonds is 5. The van der Waals surface area contributed by atoms with E-state index in [4.69, 9.17) is 4.74 Å². The number of carbonyl (C=O) groups excluding carboxylic acids is 2. The number of ether oxygens (including phenoxy) is 1. The number of aromatic hydroxyl groups is 1. The van der Waals surface area contributed by atoms with Crippen LogP contribution in [0.5, 0.6) is 11.5 Å². The summed E-state index contributed by atoms with van der Waals surface area (Å²) in [4.78, 5) is 25.6. The second-order valence-corrected chi connectivity index (χ2v) is 7.78. The summed E-state index contributed by atoms with van der Waals surface area (Å²) in [6, 6.07) is 21.1. The normalized spacial score (nSPS) is 10.6. The quantitative estimate of drug-likeness (QED) is 0.373. The van der Waals surface area contributed by atoms with Crippen LogP contribution >= 0.6 is 0 Å². The van der Waals surface area contributed by atoms with Crippen molar-refractivity contribution in [3.63, 3.8) is 0 Å². The maximum absolute atomic E-state index is 12.9. The fourth-order valence-corrected chi connectivity index (χ4v) is 3.65. The summed E-state index contributed by atoms with van der Waals surface area (Å²) in [5.74, 6) is 0.0185. The zero-order valence-corrected chi connectivity index (χ0v) is 18.6. The Morgan fingerprint density at radius 2 is 1.45 bits per heavy atom. The van der Waals surface area contributed by atoms with Crippen LogP contribution in [0.15, 0.2) is 72.8 Å². The van der Waals surface area contributed by atoms with Gasteiger partial charge < -0.3 is 20.5 Å². The van der Waals surface area contributed by atoms with E-state index in [1.54, 1.807) is 42.5 Å². The molecule has 0 heterocycles. The second-order valence-electron chi connectivity index (χ2n) is 7.78. The van der Waals surface area contributed by atoms with Crippen molar-refractivity contribution in [1.29, 1.82) is 0 Å². The fourth-order valence-electron chi connectivity index (χ4n) is 3.65. The molecule has 0 bridgehead atoms. The van der Waals surface area contributed by atoms with Crippen molar-refractivity contribution in [2.45, 2.75) is 13.8 Å². The average molecular weight is 440 g/mol. The molecule has 0 aliphatic heterocycles. The summed E-state index contributed by atoms with van der Waals surface area (Å²) >= 11 is 0. The third-order valence-corrected chi connectivity index (χ3v) is 5.63. The molecule has 3 N–H and O–H groups in total. The Morgan fingerprint density at radius 3 is 2.18 bits per heavy atom. The highest BCUT2D eigenvalue weighted by Crippen LogP contribution is 2.29. The molecule has 0 unspecified atom stereocenters. The van der Waals surface area contributed by atoms with Gasteiger partial charge in [-0.2, -0.15) is 0 Å². The number of methoxy groups -OCH3 is 1. The summed E-state index contributed by atoms with van der Waals surface area (Å²) in [7, 11) is 1.49. The molecule has 0 spiro atoms. The topological polar surface area (TPSA) is 87.7 Å². The molecule has 0 fully saturated rings. The Hall–Kier alpha value is -4.32.